The average molecular weight is 685 g/mol. The Labute approximate surface area is 290 Å². The highest BCUT2D eigenvalue weighted by atomic mass is 16.7. The zero-order chi connectivity index (χ0) is 35.1. The largest absolute Gasteiger partial charge is 0.467 e. The molecule has 1 N–H and O–H groups in total. The lowest BCUT2D eigenvalue weighted by atomic mass is 9.96. The Balaban J connectivity index is 1.41. The standard InChI is InChI=1S/C38H40N2O10/c1-45-37(42)31(39-36(41)30-20-12-5-13-21-30)25-49-38-33(40(43)44)35(48-24-29-18-10-4-11-19-29)34(47-23-28-16-8-3-9-17-28)32(50-38)26-46-22-27-14-6-2-7-15-27/h2-21,31-35,38H,22-26H2,1H3,(H,39,41)/t31-,32+,33+,34-,35+,38+/m0/s1. The van der Waals surface area contributed by atoms with Crippen molar-refractivity contribution >= 4 is 11.9 Å². The minimum atomic E-state index is -1.59. The van der Waals surface area contributed by atoms with E-state index in [1.807, 2.05) is 91.0 Å². The van der Waals surface area contributed by atoms with Crippen LogP contribution in [-0.4, -0.2) is 73.8 Å². The molecule has 1 aliphatic heterocycles. The van der Waals surface area contributed by atoms with Gasteiger partial charge in [0.2, 0.25) is 6.29 Å². The second-order valence-electron chi connectivity index (χ2n) is 11.6. The minimum absolute atomic E-state index is 0.0188. The molecule has 1 saturated heterocycles. The lowest BCUT2D eigenvalue weighted by Crippen LogP contribution is -2.64. The van der Waals surface area contributed by atoms with Crippen molar-refractivity contribution in [1.29, 1.82) is 0 Å². The number of nitro groups is 1. The number of esters is 1. The SMILES string of the molecule is COC(=O)[C@H](CO[C@@H]1O[C@H](COCc2ccccc2)[C@H](OCc2ccccc2)[C@H](OCc2ccccc2)[C@H]1[N+](=O)[O-])NC(=O)c1ccccc1. The van der Waals surface area contributed by atoms with Crippen LogP contribution in [-0.2, 0) is 53.0 Å². The fourth-order valence-electron chi connectivity index (χ4n) is 5.51. The number of nitrogens with one attached hydrogen (secondary N) is 1. The van der Waals surface area contributed by atoms with E-state index in [1.165, 1.54) is 7.11 Å². The Morgan fingerprint density at radius 1 is 0.740 bits per heavy atom. The van der Waals surface area contributed by atoms with Crippen molar-refractivity contribution in [2.24, 2.45) is 0 Å². The topological polar surface area (TPSA) is 145 Å². The molecule has 0 aliphatic carbocycles. The van der Waals surface area contributed by atoms with Gasteiger partial charge < -0.3 is 33.7 Å². The van der Waals surface area contributed by atoms with E-state index < -0.39 is 60.1 Å². The third-order valence-electron chi connectivity index (χ3n) is 8.08. The summed E-state index contributed by atoms with van der Waals surface area (Å²) in [5, 5.41) is 15.4. The average Bonchev–Trinajstić information content (AvgIpc) is 3.16. The molecule has 0 radical (unpaired) electrons. The van der Waals surface area contributed by atoms with Gasteiger partial charge in [0.05, 0.1) is 40.1 Å². The lowest BCUT2D eigenvalue weighted by molar-refractivity contribution is -0.577. The van der Waals surface area contributed by atoms with Crippen molar-refractivity contribution in [1.82, 2.24) is 5.32 Å². The Kier molecular flexibility index (Phi) is 13.6. The predicted octanol–water partition coefficient (Wildman–Crippen LogP) is 4.73. The molecule has 0 bridgehead atoms. The number of benzene rings is 4. The number of nitrogens with zero attached hydrogens (tertiary/aromatic N) is 1. The molecular formula is C38H40N2O10. The number of hydrogen-bond acceptors (Lipinski definition) is 10. The van der Waals surface area contributed by atoms with E-state index in [-0.39, 0.29) is 26.4 Å². The maximum Gasteiger partial charge on any atom is 0.330 e. The van der Waals surface area contributed by atoms with Crippen LogP contribution in [0.4, 0.5) is 0 Å². The lowest BCUT2D eigenvalue weighted by Gasteiger charge is -2.42. The van der Waals surface area contributed by atoms with Gasteiger partial charge in [-0.15, -0.1) is 0 Å². The van der Waals surface area contributed by atoms with E-state index in [1.54, 1.807) is 30.3 Å². The van der Waals surface area contributed by atoms with Gasteiger partial charge >= 0.3 is 5.97 Å². The third-order valence-corrected chi connectivity index (χ3v) is 8.08. The Hall–Kier alpha value is -4.98. The van der Waals surface area contributed by atoms with Crippen LogP contribution >= 0.6 is 0 Å². The molecule has 12 nitrogen and oxygen atoms in total. The van der Waals surface area contributed by atoms with Gasteiger partial charge in [0.1, 0.15) is 12.2 Å². The normalized spacial score (nSPS) is 20.8. The van der Waals surface area contributed by atoms with E-state index >= 15 is 0 Å². The van der Waals surface area contributed by atoms with Crippen LogP contribution in [0.5, 0.6) is 0 Å². The van der Waals surface area contributed by atoms with E-state index in [0.29, 0.717) is 5.56 Å². The number of methoxy groups -OCH3 is 1. The zero-order valence-corrected chi connectivity index (χ0v) is 27.6. The van der Waals surface area contributed by atoms with Crippen molar-refractivity contribution < 1.29 is 42.9 Å². The van der Waals surface area contributed by atoms with Crippen LogP contribution in [0.2, 0.25) is 0 Å². The summed E-state index contributed by atoms with van der Waals surface area (Å²) in [6.45, 7) is -0.0833. The van der Waals surface area contributed by atoms with Crippen LogP contribution in [0.3, 0.4) is 0 Å². The van der Waals surface area contributed by atoms with E-state index in [9.17, 15) is 19.7 Å². The third kappa shape index (κ3) is 10.3. The first-order chi connectivity index (χ1) is 24.4. The zero-order valence-electron chi connectivity index (χ0n) is 27.6. The molecule has 262 valence electrons. The van der Waals surface area contributed by atoms with Gasteiger partial charge in [0.15, 0.2) is 12.1 Å². The number of rotatable bonds is 17. The van der Waals surface area contributed by atoms with Crippen molar-refractivity contribution in [2.75, 3.05) is 20.3 Å². The van der Waals surface area contributed by atoms with Gasteiger partial charge in [0.25, 0.3) is 11.9 Å². The van der Waals surface area contributed by atoms with Gasteiger partial charge in [-0.3, -0.25) is 14.9 Å². The van der Waals surface area contributed by atoms with E-state index in [0.717, 1.165) is 16.7 Å². The molecule has 1 amide bonds. The number of amides is 1. The van der Waals surface area contributed by atoms with Crippen molar-refractivity contribution in [3.05, 3.63) is 154 Å². The highest BCUT2D eigenvalue weighted by molar-refractivity contribution is 5.96. The smallest absolute Gasteiger partial charge is 0.330 e. The van der Waals surface area contributed by atoms with Gasteiger partial charge in [-0.05, 0) is 28.8 Å². The summed E-state index contributed by atoms with van der Waals surface area (Å²) in [5.41, 5.74) is 2.88. The second-order valence-corrected chi connectivity index (χ2v) is 11.6. The molecule has 50 heavy (non-hydrogen) atoms. The molecule has 0 spiro atoms. The summed E-state index contributed by atoms with van der Waals surface area (Å²) in [6, 6.07) is 33.6. The van der Waals surface area contributed by atoms with E-state index in [4.69, 9.17) is 28.4 Å². The molecule has 4 aromatic carbocycles. The first-order valence-electron chi connectivity index (χ1n) is 16.2. The highest BCUT2D eigenvalue weighted by Gasteiger charge is 2.55. The quantitative estimate of drug-likeness (QED) is 0.0942. The van der Waals surface area contributed by atoms with Crippen LogP contribution in [0.1, 0.15) is 27.0 Å². The van der Waals surface area contributed by atoms with Crippen molar-refractivity contribution in [3.63, 3.8) is 0 Å². The van der Waals surface area contributed by atoms with Gasteiger partial charge in [-0.2, -0.15) is 0 Å². The van der Waals surface area contributed by atoms with Crippen molar-refractivity contribution in [2.45, 2.75) is 56.5 Å². The molecule has 0 unspecified atom stereocenters. The molecule has 0 saturated carbocycles. The molecule has 1 heterocycles. The maximum atomic E-state index is 12.9. The summed E-state index contributed by atoms with van der Waals surface area (Å²) in [5.74, 6) is -1.35. The van der Waals surface area contributed by atoms with Crippen LogP contribution < -0.4 is 5.32 Å². The molecular weight excluding hydrogens is 644 g/mol. The number of carbonyl (C=O) groups excluding carboxylic acids is 2. The Bertz CT molecular complexity index is 1630. The number of ether oxygens (including phenoxy) is 6. The monoisotopic (exact) mass is 684 g/mol. The first-order valence-corrected chi connectivity index (χ1v) is 16.2. The number of hydrogen-bond donors (Lipinski definition) is 1. The molecule has 1 fully saturated rings. The summed E-state index contributed by atoms with van der Waals surface area (Å²) in [7, 11) is 1.17. The fraction of sp³-hybridized carbons (Fsp3) is 0.316. The molecule has 12 heteroatoms. The molecule has 5 rings (SSSR count). The summed E-state index contributed by atoms with van der Waals surface area (Å²) >= 11 is 0. The van der Waals surface area contributed by atoms with Gasteiger partial charge in [-0.1, -0.05) is 109 Å². The van der Waals surface area contributed by atoms with Crippen LogP contribution in [0.15, 0.2) is 121 Å². The van der Waals surface area contributed by atoms with E-state index in [2.05, 4.69) is 5.32 Å². The maximum absolute atomic E-state index is 12.9. The van der Waals surface area contributed by atoms with Gasteiger partial charge in [0, 0.05) is 10.5 Å². The predicted molar refractivity (Wildman–Crippen MR) is 181 cm³/mol. The Morgan fingerprint density at radius 3 is 1.76 bits per heavy atom. The Morgan fingerprint density at radius 2 is 1.24 bits per heavy atom. The van der Waals surface area contributed by atoms with Crippen molar-refractivity contribution in [3.8, 4) is 0 Å². The molecule has 0 aromatic heterocycles. The second kappa shape index (κ2) is 18.7. The van der Waals surface area contributed by atoms with Crippen LogP contribution in [0.25, 0.3) is 0 Å². The first kappa shape index (κ1) is 36.3. The minimum Gasteiger partial charge on any atom is -0.467 e. The number of carbonyl (C=O) groups is 2. The summed E-state index contributed by atoms with van der Waals surface area (Å²) in [4.78, 5) is 38.0. The summed E-state index contributed by atoms with van der Waals surface area (Å²) in [6.07, 6.45) is -4.54. The highest BCUT2D eigenvalue weighted by Crippen LogP contribution is 2.31. The molecule has 6 atom stereocenters. The van der Waals surface area contributed by atoms with Gasteiger partial charge in [-0.25, -0.2) is 4.79 Å². The molecule has 1 aliphatic rings. The molecule has 4 aromatic rings. The summed E-state index contributed by atoms with van der Waals surface area (Å²) < 4.78 is 35.9. The fourth-order valence-corrected chi connectivity index (χ4v) is 5.51. The van der Waals surface area contributed by atoms with Crippen LogP contribution in [0, 0.1) is 10.1 Å².